The molecular formula is C19H17F2N3OS2. The normalized spacial score (nSPS) is 14.4. The van der Waals surface area contributed by atoms with E-state index in [0.29, 0.717) is 5.82 Å². The maximum absolute atomic E-state index is 13.8. The van der Waals surface area contributed by atoms with Gasteiger partial charge in [0.05, 0.1) is 10.9 Å². The predicted molar refractivity (Wildman–Crippen MR) is 104 cm³/mol. The summed E-state index contributed by atoms with van der Waals surface area (Å²) in [7, 11) is 0. The van der Waals surface area contributed by atoms with Crippen molar-refractivity contribution in [1.29, 1.82) is 0 Å². The lowest BCUT2D eigenvalue weighted by molar-refractivity contribution is -0.115. The minimum absolute atomic E-state index is 0.159. The van der Waals surface area contributed by atoms with Crippen molar-refractivity contribution >= 4 is 44.9 Å². The number of carbonyl (C=O) groups is 1. The largest absolute Gasteiger partial charge is 0.323 e. The fraction of sp³-hybridized carbons (Fsp3) is 0.316. The van der Waals surface area contributed by atoms with E-state index in [0.717, 1.165) is 52.7 Å². The summed E-state index contributed by atoms with van der Waals surface area (Å²) in [6.45, 7) is 3.56. The van der Waals surface area contributed by atoms with E-state index in [1.807, 2.05) is 6.92 Å². The molecule has 0 fully saturated rings. The van der Waals surface area contributed by atoms with Gasteiger partial charge < -0.3 is 5.32 Å². The molecule has 0 radical (unpaired) electrons. The third-order valence-corrected chi connectivity index (χ3v) is 6.76. The highest BCUT2D eigenvalue weighted by Gasteiger charge is 2.25. The van der Waals surface area contributed by atoms with Crippen LogP contribution < -0.4 is 5.32 Å². The third kappa shape index (κ3) is 3.55. The van der Waals surface area contributed by atoms with Gasteiger partial charge in [0, 0.05) is 16.3 Å². The van der Waals surface area contributed by atoms with Crippen LogP contribution in [0.1, 0.15) is 29.6 Å². The molecule has 1 aliphatic rings. The summed E-state index contributed by atoms with van der Waals surface area (Å²) in [5, 5.41) is 3.76. The van der Waals surface area contributed by atoms with Gasteiger partial charge in [-0.1, -0.05) is 11.8 Å². The van der Waals surface area contributed by atoms with Gasteiger partial charge in [0.15, 0.2) is 0 Å². The number of hydrogen-bond acceptors (Lipinski definition) is 5. The highest BCUT2D eigenvalue weighted by atomic mass is 32.2. The number of nitrogens with zero attached hydrogens (tertiary/aromatic N) is 2. The first-order chi connectivity index (χ1) is 12.9. The van der Waals surface area contributed by atoms with Gasteiger partial charge in [0.2, 0.25) is 5.91 Å². The van der Waals surface area contributed by atoms with Crippen molar-refractivity contribution in [3.05, 3.63) is 46.1 Å². The van der Waals surface area contributed by atoms with Crippen LogP contribution in [0.5, 0.6) is 0 Å². The van der Waals surface area contributed by atoms with Gasteiger partial charge in [-0.2, -0.15) is 0 Å². The maximum Gasteiger partial charge on any atom is 0.237 e. The SMILES string of the molecule is Cc1nc(S[C@@H](C)C(=O)Nc2cc(F)ccc2F)c2c3c(sc2n1)CCC3. The van der Waals surface area contributed by atoms with Gasteiger partial charge >= 0.3 is 0 Å². The number of rotatable bonds is 4. The van der Waals surface area contributed by atoms with Crippen LogP contribution in [-0.2, 0) is 17.6 Å². The second-order valence-corrected chi connectivity index (χ2v) is 8.90. The lowest BCUT2D eigenvalue weighted by atomic mass is 10.2. The fourth-order valence-corrected chi connectivity index (χ4v) is 5.59. The van der Waals surface area contributed by atoms with Crippen LogP contribution in [0, 0.1) is 18.6 Å². The van der Waals surface area contributed by atoms with Crippen LogP contribution in [0.25, 0.3) is 10.2 Å². The van der Waals surface area contributed by atoms with Crippen molar-refractivity contribution < 1.29 is 13.6 Å². The molecule has 0 bridgehead atoms. The van der Waals surface area contributed by atoms with E-state index in [4.69, 9.17) is 0 Å². The zero-order valence-corrected chi connectivity index (χ0v) is 16.4. The lowest BCUT2D eigenvalue weighted by Crippen LogP contribution is -2.23. The molecule has 4 nitrogen and oxygen atoms in total. The van der Waals surface area contributed by atoms with Crippen molar-refractivity contribution in [1.82, 2.24) is 9.97 Å². The van der Waals surface area contributed by atoms with Gasteiger partial charge in [-0.25, -0.2) is 18.7 Å². The molecule has 0 saturated carbocycles. The first-order valence-corrected chi connectivity index (χ1v) is 10.3. The van der Waals surface area contributed by atoms with E-state index in [1.54, 1.807) is 18.3 Å². The Hall–Kier alpha value is -2.06. The second kappa shape index (κ2) is 7.16. The molecule has 2 aromatic heterocycles. The number of halogens is 2. The van der Waals surface area contributed by atoms with Crippen LogP contribution in [-0.4, -0.2) is 21.1 Å². The second-order valence-electron chi connectivity index (χ2n) is 6.49. The molecule has 1 aliphatic carbocycles. The maximum atomic E-state index is 13.8. The van der Waals surface area contributed by atoms with Crippen LogP contribution in [0.15, 0.2) is 23.2 Å². The van der Waals surface area contributed by atoms with Crippen molar-refractivity contribution in [2.45, 2.75) is 43.4 Å². The van der Waals surface area contributed by atoms with E-state index < -0.39 is 22.8 Å². The number of aryl methyl sites for hydroxylation is 3. The number of thiophene rings is 1. The number of aromatic nitrogens is 2. The number of anilines is 1. The Labute approximate surface area is 163 Å². The minimum atomic E-state index is -0.669. The molecule has 1 aromatic carbocycles. The van der Waals surface area contributed by atoms with Crippen molar-refractivity contribution in [3.63, 3.8) is 0 Å². The van der Waals surface area contributed by atoms with Crippen molar-refractivity contribution in [3.8, 4) is 0 Å². The number of benzene rings is 1. The van der Waals surface area contributed by atoms with Gasteiger partial charge in [-0.05, 0) is 50.8 Å². The Balaban J connectivity index is 1.60. The number of carbonyl (C=O) groups excluding carboxylic acids is 1. The Morgan fingerprint density at radius 1 is 1.30 bits per heavy atom. The molecule has 0 aliphatic heterocycles. The monoisotopic (exact) mass is 405 g/mol. The molecular weight excluding hydrogens is 388 g/mol. The quantitative estimate of drug-likeness (QED) is 0.496. The third-order valence-electron chi connectivity index (χ3n) is 4.49. The first kappa shape index (κ1) is 18.3. The summed E-state index contributed by atoms with van der Waals surface area (Å²) >= 11 is 3.02. The molecule has 0 unspecified atom stereocenters. The van der Waals surface area contributed by atoms with Crippen LogP contribution in [0.2, 0.25) is 0 Å². The van der Waals surface area contributed by atoms with Gasteiger partial charge in [0.25, 0.3) is 0 Å². The van der Waals surface area contributed by atoms with E-state index >= 15 is 0 Å². The molecule has 140 valence electrons. The van der Waals surface area contributed by atoms with E-state index in [2.05, 4.69) is 15.3 Å². The van der Waals surface area contributed by atoms with Gasteiger partial charge in [-0.3, -0.25) is 4.79 Å². The Morgan fingerprint density at radius 3 is 2.93 bits per heavy atom. The highest BCUT2D eigenvalue weighted by molar-refractivity contribution is 8.00. The molecule has 27 heavy (non-hydrogen) atoms. The summed E-state index contributed by atoms with van der Waals surface area (Å²) in [4.78, 5) is 23.9. The molecule has 0 saturated heterocycles. The molecule has 1 atom stereocenters. The van der Waals surface area contributed by atoms with E-state index in [1.165, 1.54) is 22.2 Å². The zero-order valence-electron chi connectivity index (χ0n) is 14.8. The Kier molecular flexibility index (Phi) is 4.86. The molecule has 4 rings (SSSR count). The first-order valence-electron chi connectivity index (χ1n) is 8.64. The molecule has 0 spiro atoms. The fourth-order valence-electron chi connectivity index (χ4n) is 3.20. The average Bonchev–Trinajstić information content (AvgIpc) is 3.18. The topological polar surface area (TPSA) is 54.9 Å². The molecule has 1 N–H and O–H groups in total. The summed E-state index contributed by atoms with van der Waals surface area (Å²) < 4.78 is 27.1. The summed E-state index contributed by atoms with van der Waals surface area (Å²) in [6, 6.07) is 2.98. The average molecular weight is 405 g/mol. The van der Waals surface area contributed by atoms with Gasteiger partial charge in [0.1, 0.15) is 27.3 Å². The smallest absolute Gasteiger partial charge is 0.237 e. The van der Waals surface area contributed by atoms with Crippen molar-refractivity contribution in [2.75, 3.05) is 5.32 Å². The van der Waals surface area contributed by atoms with Crippen LogP contribution >= 0.6 is 23.1 Å². The Bertz CT molecular complexity index is 1050. The zero-order chi connectivity index (χ0) is 19.1. The molecule has 8 heteroatoms. The van der Waals surface area contributed by atoms with Gasteiger partial charge in [-0.15, -0.1) is 11.3 Å². The lowest BCUT2D eigenvalue weighted by Gasteiger charge is -2.13. The molecule has 3 aromatic rings. The number of nitrogens with one attached hydrogen (secondary N) is 1. The summed E-state index contributed by atoms with van der Waals surface area (Å²) in [6.07, 6.45) is 3.20. The highest BCUT2D eigenvalue weighted by Crippen LogP contribution is 2.41. The van der Waals surface area contributed by atoms with Crippen molar-refractivity contribution in [2.24, 2.45) is 0 Å². The van der Waals surface area contributed by atoms with Crippen LogP contribution in [0.3, 0.4) is 0 Å². The Morgan fingerprint density at radius 2 is 2.11 bits per heavy atom. The molecule has 1 amide bonds. The number of thioether (sulfide) groups is 1. The molecule has 2 heterocycles. The number of hydrogen-bond donors (Lipinski definition) is 1. The minimum Gasteiger partial charge on any atom is -0.323 e. The standard InChI is InChI=1S/C19H17F2N3OS2/c1-9(17(25)24-14-8-11(20)6-7-13(14)21)26-18-16-12-4-3-5-15(12)27-19(16)23-10(2)22-18/h6-9H,3-5H2,1-2H3,(H,24,25)/t9-/m0/s1. The van der Waals surface area contributed by atoms with E-state index in [9.17, 15) is 13.6 Å². The summed E-state index contributed by atoms with van der Waals surface area (Å²) in [5.74, 6) is -1.01. The van der Waals surface area contributed by atoms with E-state index in [-0.39, 0.29) is 5.69 Å². The summed E-state index contributed by atoms with van der Waals surface area (Å²) in [5.41, 5.74) is 1.13. The predicted octanol–water partition coefficient (Wildman–Crippen LogP) is 4.89. The number of amides is 1. The number of fused-ring (bicyclic) bond motifs is 3. The van der Waals surface area contributed by atoms with Crippen LogP contribution in [0.4, 0.5) is 14.5 Å².